The van der Waals surface area contributed by atoms with Gasteiger partial charge in [-0.05, 0) is 25.0 Å². The Hall–Kier alpha value is -1.44. The Balaban J connectivity index is 1.38. The van der Waals surface area contributed by atoms with E-state index in [1.54, 1.807) is 22.7 Å². The second-order valence-corrected chi connectivity index (χ2v) is 7.79. The van der Waals surface area contributed by atoms with E-state index in [1.807, 2.05) is 22.5 Å². The number of carbonyl (C=O) groups excluding carboxylic acids is 1. The van der Waals surface area contributed by atoms with Crippen LogP contribution in [-0.2, 0) is 4.74 Å². The Labute approximate surface area is 143 Å². The Morgan fingerprint density at radius 3 is 2.83 bits per heavy atom. The summed E-state index contributed by atoms with van der Waals surface area (Å²) in [6.07, 6.45) is 4.21. The summed E-state index contributed by atoms with van der Waals surface area (Å²) in [4.78, 5) is 23.3. The molecule has 2 aromatic heterocycles. The number of rotatable bonds is 3. The molecule has 2 saturated heterocycles. The van der Waals surface area contributed by atoms with Gasteiger partial charge in [0.1, 0.15) is 0 Å². The Kier molecular flexibility index (Phi) is 4.33. The van der Waals surface area contributed by atoms with Gasteiger partial charge in [-0.25, -0.2) is 4.98 Å². The van der Waals surface area contributed by atoms with Crippen LogP contribution in [0.15, 0.2) is 23.7 Å². The zero-order chi connectivity index (χ0) is 15.6. The van der Waals surface area contributed by atoms with Gasteiger partial charge in [0.2, 0.25) is 0 Å². The zero-order valence-corrected chi connectivity index (χ0v) is 14.4. The van der Waals surface area contributed by atoms with Gasteiger partial charge in [0.15, 0.2) is 5.13 Å². The summed E-state index contributed by atoms with van der Waals surface area (Å²) >= 11 is 3.24. The molecule has 122 valence electrons. The van der Waals surface area contributed by atoms with Crippen LogP contribution in [0.1, 0.15) is 33.5 Å². The molecule has 0 spiro atoms. The standard InChI is InChI=1S/C16H19N3O2S2/c20-15(14-4-3-13(23-14)12-2-1-10-21-12)18-6-8-19(9-7-18)16-17-5-11-22-16/h3-5,11-12H,1-2,6-10H2/t12-/m0/s1. The summed E-state index contributed by atoms with van der Waals surface area (Å²) in [5.41, 5.74) is 0. The van der Waals surface area contributed by atoms with Crippen molar-refractivity contribution in [3.63, 3.8) is 0 Å². The number of hydrogen-bond donors (Lipinski definition) is 0. The van der Waals surface area contributed by atoms with Crippen LogP contribution in [-0.4, -0.2) is 48.6 Å². The molecule has 0 bridgehead atoms. The Morgan fingerprint density at radius 2 is 2.13 bits per heavy atom. The third kappa shape index (κ3) is 3.13. The second-order valence-electron chi connectivity index (χ2n) is 5.80. The number of nitrogens with zero attached hydrogens (tertiary/aromatic N) is 3. The van der Waals surface area contributed by atoms with Crippen LogP contribution in [0.3, 0.4) is 0 Å². The van der Waals surface area contributed by atoms with Gasteiger partial charge >= 0.3 is 0 Å². The molecule has 0 unspecified atom stereocenters. The van der Waals surface area contributed by atoms with E-state index in [2.05, 4.69) is 16.0 Å². The number of hydrogen-bond acceptors (Lipinski definition) is 6. The minimum absolute atomic E-state index is 0.151. The molecule has 4 heterocycles. The molecule has 1 atom stereocenters. The zero-order valence-electron chi connectivity index (χ0n) is 12.8. The largest absolute Gasteiger partial charge is 0.373 e. The maximum atomic E-state index is 12.7. The van der Waals surface area contributed by atoms with Crippen molar-refractivity contribution in [2.24, 2.45) is 0 Å². The van der Waals surface area contributed by atoms with Gasteiger partial charge in [-0.3, -0.25) is 4.79 Å². The highest BCUT2D eigenvalue weighted by Crippen LogP contribution is 2.33. The van der Waals surface area contributed by atoms with E-state index >= 15 is 0 Å². The molecule has 0 radical (unpaired) electrons. The number of amides is 1. The quantitative estimate of drug-likeness (QED) is 0.854. The first-order valence-electron chi connectivity index (χ1n) is 7.96. The number of thiazole rings is 1. The van der Waals surface area contributed by atoms with Gasteiger partial charge < -0.3 is 14.5 Å². The van der Waals surface area contributed by atoms with Gasteiger partial charge in [0.05, 0.1) is 11.0 Å². The molecule has 0 N–H and O–H groups in total. The van der Waals surface area contributed by atoms with Crippen molar-refractivity contribution in [1.29, 1.82) is 0 Å². The smallest absolute Gasteiger partial charge is 0.264 e. The summed E-state index contributed by atoms with van der Waals surface area (Å²) in [5, 5.41) is 3.04. The summed E-state index contributed by atoms with van der Waals surface area (Å²) in [7, 11) is 0. The number of aromatic nitrogens is 1. The molecule has 2 aliphatic rings. The van der Waals surface area contributed by atoms with Crippen molar-refractivity contribution in [3.05, 3.63) is 33.5 Å². The molecule has 4 rings (SSSR count). The van der Waals surface area contributed by atoms with Crippen LogP contribution in [0.5, 0.6) is 0 Å². The number of thiophene rings is 1. The van der Waals surface area contributed by atoms with E-state index in [9.17, 15) is 4.79 Å². The molecule has 5 nitrogen and oxygen atoms in total. The predicted octanol–water partition coefficient (Wildman–Crippen LogP) is 3.02. The maximum Gasteiger partial charge on any atom is 0.264 e. The highest BCUT2D eigenvalue weighted by molar-refractivity contribution is 7.14. The lowest BCUT2D eigenvalue weighted by atomic mass is 10.2. The molecule has 2 fully saturated rings. The molecule has 0 aliphatic carbocycles. The first-order valence-corrected chi connectivity index (χ1v) is 9.66. The average molecular weight is 349 g/mol. The third-order valence-corrected chi connectivity index (χ3v) is 6.34. The summed E-state index contributed by atoms with van der Waals surface area (Å²) in [6, 6.07) is 4.01. The molecule has 1 amide bonds. The molecule has 7 heteroatoms. The number of piperazine rings is 1. The van der Waals surface area contributed by atoms with E-state index in [0.717, 1.165) is 55.6 Å². The monoisotopic (exact) mass is 349 g/mol. The fourth-order valence-electron chi connectivity index (χ4n) is 3.07. The lowest BCUT2D eigenvalue weighted by molar-refractivity contribution is 0.0751. The summed E-state index contributed by atoms with van der Waals surface area (Å²) in [5.74, 6) is 0.151. The summed E-state index contributed by atoms with van der Waals surface area (Å²) < 4.78 is 5.71. The van der Waals surface area contributed by atoms with Crippen LogP contribution in [0.25, 0.3) is 0 Å². The Morgan fingerprint density at radius 1 is 1.26 bits per heavy atom. The fourth-order valence-corrected chi connectivity index (χ4v) is 4.83. The van der Waals surface area contributed by atoms with Crippen molar-refractivity contribution in [2.45, 2.75) is 18.9 Å². The van der Waals surface area contributed by atoms with E-state index in [0.29, 0.717) is 0 Å². The van der Waals surface area contributed by atoms with E-state index in [-0.39, 0.29) is 12.0 Å². The van der Waals surface area contributed by atoms with Crippen molar-refractivity contribution in [1.82, 2.24) is 9.88 Å². The van der Waals surface area contributed by atoms with Gasteiger partial charge in [-0.1, -0.05) is 0 Å². The summed E-state index contributed by atoms with van der Waals surface area (Å²) in [6.45, 7) is 4.05. The topological polar surface area (TPSA) is 45.7 Å². The lowest BCUT2D eigenvalue weighted by Gasteiger charge is -2.34. The first-order chi connectivity index (χ1) is 11.3. The van der Waals surface area contributed by atoms with Crippen LogP contribution < -0.4 is 4.90 Å². The molecule has 23 heavy (non-hydrogen) atoms. The minimum Gasteiger partial charge on any atom is -0.373 e. The van der Waals surface area contributed by atoms with Crippen molar-refractivity contribution in [2.75, 3.05) is 37.7 Å². The van der Waals surface area contributed by atoms with Gasteiger partial charge in [-0.15, -0.1) is 22.7 Å². The number of ether oxygens (including phenoxy) is 1. The normalized spacial score (nSPS) is 21.8. The maximum absolute atomic E-state index is 12.7. The minimum atomic E-state index is 0.151. The predicted molar refractivity (Wildman–Crippen MR) is 92.5 cm³/mol. The highest BCUT2D eigenvalue weighted by atomic mass is 32.1. The fraction of sp³-hybridized carbons (Fsp3) is 0.500. The van der Waals surface area contributed by atoms with Gasteiger partial charge in [0.25, 0.3) is 5.91 Å². The SMILES string of the molecule is O=C(c1ccc([C@@H]2CCCO2)s1)N1CCN(c2nccs2)CC1. The first kappa shape index (κ1) is 15.1. The molecule has 0 saturated carbocycles. The van der Waals surface area contributed by atoms with Crippen LogP contribution in [0, 0.1) is 0 Å². The molecule has 2 aromatic rings. The number of anilines is 1. The molecular weight excluding hydrogens is 330 g/mol. The highest BCUT2D eigenvalue weighted by Gasteiger charge is 2.26. The van der Waals surface area contributed by atoms with Gasteiger partial charge in [0, 0.05) is 49.2 Å². The molecule has 2 aliphatic heterocycles. The number of carbonyl (C=O) groups is 1. The van der Waals surface area contributed by atoms with E-state index < -0.39 is 0 Å². The average Bonchev–Trinajstić information content (AvgIpc) is 3.36. The van der Waals surface area contributed by atoms with E-state index in [1.165, 1.54) is 4.88 Å². The third-order valence-electron chi connectivity index (χ3n) is 4.34. The molecule has 0 aromatic carbocycles. The lowest BCUT2D eigenvalue weighted by Crippen LogP contribution is -2.48. The van der Waals surface area contributed by atoms with Crippen molar-refractivity contribution < 1.29 is 9.53 Å². The van der Waals surface area contributed by atoms with Crippen LogP contribution >= 0.6 is 22.7 Å². The second kappa shape index (κ2) is 6.59. The van der Waals surface area contributed by atoms with Crippen molar-refractivity contribution >= 4 is 33.7 Å². The Bertz CT molecular complexity index is 657. The van der Waals surface area contributed by atoms with Crippen LogP contribution in [0.2, 0.25) is 0 Å². The van der Waals surface area contributed by atoms with Crippen LogP contribution in [0.4, 0.5) is 5.13 Å². The van der Waals surface area contributed by atoms with E-state index in [4.69, 9.17) is 4.74 Å². The van der Waals surface area contributed by atoms with Gasteiger partial charge in [-0.2, -0.15) is 0 Å². The molecular formula is C16H19N3O2S2. The van der Waals surface area contributed by atoms with Crippen molar-refractivity contribution in [3.8, 4) is 0 Å².